The number of carboxylic acids is 1. The van der Waals surface area contributed by atoms with Crippen LogP contribution in [0, 0.1) is 11.6 Å². The van der Waals surface area contributed by atoms with Crippen molar-refractivity contribution < 1.29 is 37.7 Å². The first-order chi connectivity index (χ1) is 17.1. The Kier molecular flexibility index (Phi) is 7.07. The summed E-state index contributed by atoms with van der Waals surface area (Å²) in [5, 5.41) is 11.3. The van der Waals surface area contributed by atoms with Gasteiger partial charge in [-0.25, -0.2) is 13.6 Å². The van der Waals surface area contributed by atoms with Crippen molar-refractivity contribution >= 4 is 40.6 Å². The van der Waals surface area contributed by atoms with Crippen LogP contribution >= 0.6 is 11.6 Å². The molecule has 2 N–H and O–H groups in total. The van der Waals surface area contributed by atoms with Gasteiger partial charge in [0.1, 0.15) is 35.8 Å². The molecule has 0 aromatic heterocycles. The molecule has 0 bridgehead atoms. The minimum atomic E-state index is -1.82. The molecule has 0 unspecified atom stereocenters. The predicted octanol–water partition coefficient (Wildman–Crippen LogP) is 4.41. The molecule has 0 spiro atoms. The zero-order valence-electron chi connectivity index (χ0n) is 18.8. The minimum Gasteiger partial charge on any atom is -0.490 e. The number of hydrogen-bond donors (Lipinski definition) is 2. The van der Waals surface area contributed by atoms with Crippen LogP contribution in [0.2, 0.25) is 5.02 Å². The molecule has 0 aliphatic carbocycles. The number of nitrogens with one attached hydrogen (secondary N) is 1. The molecule has 0 radical (unpaired) electrons. The number of ketones is 1. The molecule has 1 aliphatic rings. The largest absolute Gasteiger partial charge is 0.490 e. The van der Waals surface area contributed by atoms with Crippen molar-refractivity contribution in [1.29, 1.82) is 0 Å². The molecule has 36 heavy (non-hydrogen) atoms. The first kappa shape index (κ1) is 24.9. The molecule has 1 atom stereocenters. The van der Waals surface area contributed by atoms with E-state index < -0.39 is 29.0 Å². The molecule has 186 valence electrons. The van der Waals surface area contributed by atoms with Crippen molar-refractivity contribution in [3.63, 3.8) is 0 Å². The Morgan fingerprint density at radius 1 is 1.11 bits per heavy atom. The van der Waals surface area contributed by atoms with Gasteiger partial charge in [-0.3, -0.25) is 9.59 Å². The van der Waals surface area contributed by atoms with Gasteiger partial charge >= 0.3 is 5.97 Å². The highest BCUT2D eigenvalue weighted by Gasteiger charge is 2.25. The van der Waals surface area contributed by atoms with E-state index >= 15 is 0 Å². The third-order valence-electron chi connectivity index (χ3n) is 5.39. The number of halogens is 3. The highest BCUT2D eigenvalue weighted by atomic mass is 35.5. The number of carbonyl (C=O) groups excluding carboxylic acids is 2. The van der Waals surface area contributed by atoms with Crippen molar-refractivity contribution in [2.45, 2.75) is 6.10 Å². The number of anilines is 2. The number of fused-ring (bicyclic) bond motifs is 1. The number of benzene rings is 3. The van der Waals surface area contributed by atoms with Gasteiger partial charge in [-0.15, -0.1) is 0 Å². The average Bonchev–Trinajstić information content (AvgIpc) is 2.84. The van der Waals surface area contributed by atoms with Gasteiger partial charge in [-0.2, -0.15) is 0 Å². The number of likely N-dealkylation sites (N-methyl/N-ethyl adjacent to an activating group) is 1. The Bertz CT molecular complexity index is 1370. The van der Waals surface area contributed by atoms with Gasteiger partial charge in [0.2, 0.25) is 0 Å². The molecule has 0 saturated heterocycles. The van der Waals surface area contributed by atoms with Crippen LogP contribution in [-0.4, -0.2) is 49.1 Å². The number of amides is 1. The summed E-state index contributed by atoms with van der Waals surface area (Å²) in [6.07, 6.45) is -0.337. The summed E-state index contributed by atoms with van der Waals surface area (Å²) < 4.78 is 38.9. The summed E-state index contributed by atoms with van der Waals surface area (Å²) in [6, 6.07) is 11.7. The summed E-state index contributed by atoms with van der Waals surface area (Å²) in [4.78, 5) is 37.0. The van der Waals surface area contributed by atoms with E-state index in [-0.39, 0.29) is 34.8 Å². The van der Waals surface area contributed by atoms with Crippen LogP contribution in [0.4, 0.5) is 20.2 Å². The number of aliphatic carboxylic acids is 1. The molecule has 0 fully saturated rings. The lowest BCUT2D eigenvalue weighted by molar-refractivity contribution is -0.131. The zero-order valence-corrected chi connectivity index (χ0v) is 19.5. The van der Waals surface area contributed by atoms with Crippen LogP contribution in [0.5, 0.6) is 11.5 Å². The summed E-state index contributed by atoms with van der Waals surface area (Å²) in [5.74, 6) is -4.38. The Morgan fingerprint density at radius 2 is 1.89 bits per heavy atom. The molecule has 11 heteroatoms. The first-order valence-corrected chi connectivity index (χ1v) is 11.0. The van der Waals surface area contributed by atoms with Crippen LogP contribution in [0.3, 0.4) is 0 Å². The Balaban J connectivity index is 1.40. The smallest absolute Gasteiger partial charge is 0.377 e. The van der Waals surface area contributed by atoms with Crippen molar-refractivity contribution in [3.8, 4) is 11.5 Å². The van der Waals surface area contributed by atoms with Gasteiger partial charge in [0.05, 0.1) is 28.4 Å². The molecule has 3 aromatic carbocycles. The lowest BCUT2D eigenvalue weighted by Crippen LogP contribution is -2.41. The van der Waals surface area contributed by atoms with Crippen LogP contribution in [0.15, 0.2) is 54.6 Å². The second kappa shape index (κ2) is 10.2. The summed E-state index contributed by atoms with van der Waals surface area (Å²) in [5.41, 5.74) is 0.0499. The third-order valence-corrected chi connectivity index (χ3v) is 5.70. The third kappa shape index (κ3) is 5.38. The topological polar surface area (TPSA) is 105 Å². The first-order valence-electron chi connectivity index (χ1n) is 10.6. The van der Waals surface area contributed by atoms with Crippen molar-refractivity contribution in [1.82, 2.24) is 0 Å². The van der Waals surface area contributed by atoms with Gasteiger partial charge in [0.25, 0.3) is 11.7 Å². The Labute approximate surface area is 209 Å². The van der Waals surface area contributed by atoms with Gasteiger partial charge < -0.3 is 24.8 Å². The number of Topliss-reactive ketones (excluding diaryl/α,β-unsaturated/α-hetero) is 1. The van der Waals surface area contributed by atoms with E-state index in [1.165, 1.54) is 36.4 Å². The molecule has 0 saturated carbocycles. The molecule has 8 nitrogen and oxygen atoms in total. The molecular weight excluding hydrogens is 498 g/mol. The Hall–Kier alpha value is -4.18. The van der Waals surface area contributed by atoms with Gasteiger partial charge in [0.15, 0.2) is 0 Å². The molecule has 1 heterocycles. The number of carbonyl (C=O) groups is 3. The van der Waals surface area contributed by atoms with Crippen molar-refractivity contribution in [2.24, 2.45) is 0 Å². The molecule has 1 aliphatic heterocycles. The number of ether oxygens (including phenoxy) is 2. The van der Waals surface area contributed by atoms with Gasteiger partial charge in [0, 0.05) is 18.8 Å². The highest BCUT2D eigenvalue weighted by molar-refractivity contribution is 6.40. The van der Waals surface area contributed by atoms with E-state index in [2.05, 4.69) is 5.32 Å². The summed E-state index contributed by atoms with van der Waals surface area (Å²) >= 11 is 6.26. The monoisotopic (exact) mass is 516 g/mol. The maximum atomic E-state index is 13.8. The maximum absolute atomic E-state index is 13.8. The minimum absolute atomic E-state index is 0.0149. The fourth-order valence-electron chi connectivity index (χ4n) is 3.65. The van der Waals surface area contributed by atoms with Crippen LogP contribution in [-0.2, 0) is 4.79 Å². The van der Waals surface area contributed by atoms with E-state index in [0.717, 1.165) is 12.1 Å². The normalized spacial score (nSPS) is 14.4. The SMILES string of the molecule is CN1C[C@@H](COc2ccc(C(=O)Nc3ccc(F)c(C(=O)C(=O)O)c3)c(Cl)c2)Oc2ccc(F)cc21. The van der Waals surface area contributed by atoms with E-state index in [1.54, 1.807) is 6.07 Å². The molecule has 4 rings (SSSR count). The number of rotatable bonds is 7. The number of carboxylic acid groups (broad SMARTS) is 1. The summed E-state index contributed by atoms with van der Waals surface area (Å²) in [6.45, 7) is 0.633. The second-order valence-corrected chi connectivity index (χ2v) is 8.38. The fraction of sp³-hybridized carbons (Fsp3) is 0.160. The lowest BCUT2D eigenvalue weighted by Gasteiger charge is -2.33. The molecule has 1 amide bonds. The van der Waals surface area contributed by atoms with Crippen LogP contribution in [0.1, 0.15) is 20.7 Å². The van der Waals surface area contributed by atoms with Crippen LogP contribution < -0.4 is 19.7 Å². The highest BCUT2D eigenvalue weighted by Crippen LogP contribution is 2.33. The van der Waals surface area contributed by atoms with Gasteiger partial charge in [-0.1, -0.05) is 11.6 Å². The van der Waals surface area contributed by atoms with E-state index in [1.807, 2.05) is 11.9 Å². The predicted molar refractivity (Wildman–Crippen MR) is 127 cm³/mol. The van der Waals surface area contributed by atoms with Gasteiger partial charge in [-0.05, 0) is 48.5 Å². The Morgan fingerprint density at radius 3 is 2.61 bits per heavy atom. The van der Waals surface area contributed by atoms with E-state index in [4.69, 9.17) is 26.2 Å². The lowest BCUT2D eigenvalue weighted by atomic mass is 10.1. The molecular formula is C25H19ClF2N2O6. The standard InChI is InChI=1S/C25H19ClF2N2O6/c1-30-11-16(36-22-7-2-13(27)8-21(22)30)12-35-15-4-5-17(19(26)10-15)24(32)29-14-3-6-20(28)18(9-14)23(31)25(33)34/h2-10,16H,11-12H2,1H3,(H,29,32)(H,33,34)/t16-/m0/s1. The average molecular weight is 517 g/mol. The van der Waals surface area contributed by atoms with Crippen molar-refractivity contribution in [2.75, 3.05) is 30.4 Å². The van der Waals surface area contributed by atoms with Crippen LogP contribution in [0.25, 0.3) is 0 Å². The number of hydrogen-bond acceptors (Lipinski definition) is 6. The zero-order chi connectivity index (χ0) is 26.0. The maximum Gasteiger partial charge on any atom is 0.377 e. The van der Waals surface area contributed by atoms with Crippen molar-refractivity contribution in [3.05, 3.63) is 82.4 Å². The summed E-state index contributed by atoms with van der Waals surface area (Å²) in [7, 11) is 1.82. The number of nitrogens with zero attached hydrogens (tertiary/aromatic N) is 1. The second-order valence-electron chi connectivity index (χ2n) is 7.97. The fourth-order valence-corrected chi connectivity index (χ4v) is 3.90. The van der Waals surface area contributed by atoms with E-state index in [9.17, 15) is 23.2 Å². The molecule has 3 aromatic rings. The quantitative estimate of drug-likeness (QED) is 0.354. The van der Waals surface area contributed by atoms with E-state index in [0.29, 0.717) is 23.7 Å².